The molecule has 2 aromatic rings. The fraction of sp³-hybridized carbons (Fsp3) is 0.364. The van der Waals surface area contributed by atoms with Crippen molar-refractivity contribution in [3.8, 4) is 5.75 Å². The fourth-order valence-corrected chi connectivity index (χ4v) is 3.79. The van der Waals surface area contributed by atoms with Gasteiger partial charge < -0.3 is 19.7 Å². The van der Waals surface area contributed by atoms with Crippen molar-refractivity contribution in [1.29, 1.82) is 0 Å². The summed E-state index contributed by atoms with van der Waals surface area (Å²) < 4.78 is 11.1. The highest BCUT2D eigenvalue weighted by atomic mass is 16.5. The average molecular weight is 380 g/mol. The van der Waals surface area contributed by atoms with Crippen molar-refractivity contribution < 1.29 is 19.1 Å². The number of fused-ring (bicyclic) bond motifs is 1. The number of anilines is 1. The van der Waals surface area contributed by atoms with E-state index in [0.29, 0.717) is 36.5 Å². The van der Waals surface area contributed by atoms with E-state index in [2.05, 4.69) is 5.32 Å². The number of amides is 2. The molecular formula is C22H24N2O4. The summed E-state index contributed by atoms with van der Waals surface area (Å²) in [5.74, 6) is 0.373. The van der Waals surface area contributed by atoms with Crippen LogP contribution in [0.5, 0.6) is 5.75 Å². The summed E-state index contributed by atoms with van der Waals surface area (Å²) in [6, 6.07) is 12.6. The summed E-state index contributed by atoms with van der Waals surface area (Å²) in [4.78, 5) is 27.6. The standard InChI is InChI=1S/C22H24N2O4/c1-2-27-17-10-8-16(9-11-17)23-21(25)19-7-3-5-15-13-24(22(26)20(15)19)14-18-6-4-12-28-18/h3,5,7-11,18H,2,4,6,12-14H2,1H3,(H,23,25)/t18-/m0/s1. The lowest BCUT2D eigenvalue weighted by Crippen LogP contribution is -2.32. The highest BCUT2D eigenvalue weighted by Crippen LogP contribution is 2.28. The molecule has 6 nitrogen and oxygen atoms in total. The minimum absolute atomic E-state index is 0.0945. The normalized spacial score (nSPS) is 18.2. The average Bonchev–Trinajstić information content (AvgIpc) is 3.32. The van der Waals surface area contributed by atoms with Crippen LogP contribution in [-0.4, -0.2) is 42.6 Å². The minimum atomic E-state index is -0.284. The SMILES string of the molecule is CCOc1ccc(NC(=O)c2cccc3c2C(=O)N(C[C@@H]2CCCO2)C3)cc1. The first-order valence-electron chi connectivity index (χ1n) is 9.72. The van der Waals surface area contributed by atoms with E-state index in [1.807, 2.05) is 31.2 Å². The maximum Gasteiger partial charge on any atom is 0.256 e. The summed E-state index contributed by atoms with van der Waals surface area (Å²) in [7, 11) is 0. The van der Waals surface area contributed by atoms with Crippen LogP contribution < -0.4 is 10.1 Å². The maximum absolute atomic E-state index is 13.0. The Morgan fingerprint density at radius 2 is 2.07 bits per heavy atom. The first-order chi connectivity index (χ1) is 13.7. The van der Waals surface area contributed by atoms with Crippen LogP contribution in [0.1, 0.15) is 46.0 Å². The number of carbonyl (C=O) groups excluding carboxylic acids is 2. The Hall–Kier alpha value is -2.86. The smallest absolute Gasteiger partial charge is 0.256 e. The van der Waals surface area contributed by atoms with Crippen LogP contribution >= 0.6 is 0 Å². The maximum atomic E-state index is 13.0. The topological polar surface area (TPSA) is 67.9 Å². The van der Waals surface area contributed by atoms with E-state index < -0.39 is 0 Å². The summed E-state index contributed by atoms with van der Waals surface area (Å²) in [5.41, 5.74) is 2.46. The van der Waals surface area contributed by atoms with E-state index in [1.165, 1.54) is 0 Å². The van der Waals surface area contributed by atoms with Crippen LogP contribution in [0, 0.1) is 0 Å². The quantitative estimate of drug-likeness (QED) is 0.833. The molecule has 1 N–H and O–H groups in total. The van der Waals surface area contributed by atoms with Gasteiger partial charge in [-0.2, -0.15) is 0 Å². The molecule has 1 saturated heterocycles. The Labute approximate surface area is 164 Å². The first kappa shape index (κ1) is 18.5. The van der Waals surface area contributed by atoms with Gasteiger partial charge in [-0.15, -0.1) is 0 Å². The number of nitrogens with zero attached hydrogens (tertiary/aromatic N) is 1. The Morgan fingerprint density at radius 3 is 2.79 bits per heavy atom. The summed E-state index contributed by atoms with van der Waals surface area (Å²) >= 11 is 0. The predicted molar refractivity (Wildman–Crippen MR) is 106 cm³/mol. The van der Waals surface area contributed by atoms with Crippen molar-refractivity contribution in [3.63, 3.8) is 0 Å². The van der Waals surface area contributed by atoms with Gasteiger partial charge in [0, 0.05) is 25.4 Å². The van der Waals surface area contributed by atoms with Crippen molar-refractivity contribution in [2.24, 2.45) is 0 Å². The molecule has 2 amide bonds. The number of hydrogen-bond acceptors (Lipinski definition) is 4. The first-order valence-corrected chi connectivity index (χ1v) is 9.72. The largest absolute Gasteiger partial charge is 0.494 e. The van der Waals surface area contributed by atoms with E-state index in [0.717, 1.165) is 30.8 Å². The summed E-state index contributed by atoms with van der Waals surface area (Å²) in [5, 5.41) is 2.88. The molecule has 0 bridgehead atoms. The Kier molecular flexibility index (Phi) is 5.30. The van der Waals surface area contributed by atoms with Crippen molar-refractivity contribution in [2.75, 3.05) is 25.1 Å². The number of ether oxygens (including phenoxy) is 2. The second kappa shape index (κ2) is 8.02. The van der Waals surface area contributed by atoms with Crippen molar-refractivity contribution in [3.05, 3.63) is 59.2 Å². The van der Waals surface area contributed by atoms with Crippen molar-refractivity contribution in [1.82, 2.24) is 4.90 Å². The molecule has 0 aliphatic carbocycles. The van der Waals surface area contributed by atoms with Crippen molar-refractivity contribution >= 4 is 17.5 Å². The molecule has 4 rings (SSSR count). The van der Waals surface area contributed by atoms with Crippen LogP contribution in [0.3, 0.4) is 0 Å². The number of rotatable bonds is 6. The summed E-state index contributed by atoms with van der Waals surface area (Å²) in [6.07, 6.45) is 2.11. The van der Waals surface area contributed by atoms with Crippen LogP contribution in [0.25, 0.3) is 0 Å². The number of carbonyl (C=O) groups is 2. The zero-order chi connectivity index (χ0) is 19.5. The molecule has 1 fully saturated rings. The second-order valence-electron chi connectivity index (χ2n) is 7.07. The molecule has 0 unspecified atom stereocenters. The fourth-order valence-electron chi connectivity index (χ4n) is 3.79. The number of benzene rings is 2. The zero-order valence-corrected chi connectivity index (χ0v) is 15.9. The lowest BCUT2D eigenvalue weighted by atomic mass is 10.0. The molecule has 0 aromatic heterocycles. The van der Waals surface area contributed by atoms with E-state index in [-0.39, 0.29) is 17.9 Å². The van der Waals surface area contributed by atoms with Crippen LogP contribution in [0.2, 0.25) is 0 Å². The van der Waals surface area contributed by atoms with Crippen LogP contribution in [0.15, 0.2) is 42.5 Å². The Bertz CT molecular complexity index is 873. The monoisotopic (exact) mass is 380 g/mol. The van der Waals surface area contributed by atoms with Gasteiger partial charge in [0.25, 0.3) is 11.8 Å². The van der Waals surface area contributed by atoms with Gasteiger partial charge in [-0.25, -0.2) is 0 Å². The van der Waals surface area contributed by atoms with Gasteiger partial charge in [0.05, 0.1) is 23.8 Å². The van der Waals surface area contributed by atoms with Gasteiger partial charge in [0.2, 0.25) is 0 Å². The molecule has 0 spiro atoms. The van der Waals surface area contributed by atoms with Gasteiger partial charge in [-0.05, 0) is 55.7 Å². The third-order valence-electron chi connectivity index (χ3n) is 5.13. The van der Waals surface area contributed by atoms with Crippen molar-refractivity contribution in [2.45, 2.75) is 32.4 Å². The molecule has 2 aliphatic rings. The lowest BCUT2D eigenvalue weighted by Gasteiger charge is -2.19. The molecular weight excluding hydrogens is 356 g/mol. The van der Waals surface area contributed by atoms with E-state index in [4.69, 9.17) is 9.47 Å². The molecule has 2 heterocycles. The van der Waals surface area contributed by atoms with E-state index in [9.17, 15) is 9.59 Å². The van der Waals surface area contributed by atoms with E-state index in [1.54, 1.807) is 23.1 Å². The molecule has 1 atom stereocenters. The van der Waals surface area contributed by atoms with Gasteiger partial charge in [0.1, 0.15) is 5.75 Å². The zero-order valence-electron chi connectivity index (χ0n) is 15.9. The molecule has 0 saturated carbocycles. The molecule has 0 radical (unpaired) electrons. The third-order valence-corrected chi connectivity index (χ3v) is 5.13. The second-order valence-corrected chi connectivity index (χ2v) is 7.07. The summed E-state index contributed by atoms with van der Waals surface area (Å²) in [6.45, 7) is 4.37. The van der Waals surface area contributed by atoms with Gasteiger partial charge >= 0.3 is 0 Å². The molecule has 146 valence electrons. The third kappa shape index (κ3) is 3.73. The number of hydrogen-bond donors (Lipinski definition) is 1. The Balaban J connectivity index is 1.50. The van der Waals surface area contributed by atoms with Crippen LogP contribution in [0.4, 0.5) is 5.69 Å². The molecule has 6 heteroatoms. The van der Waals surface area contributed by atoms with Gasteiger partial charge in [0.15, 0.2) is 0 Å². The molecule has 2 aliphatic heterocycles. The molecule has 28 heavy (non-hydrogen) atoms. The van der Waals surface area contributed by atoms with Gasteiger partial charge in [-0.1, -0.05) is 12.1 Å². The minimum Gasteiger partial charge on any atom is -0.494 e. The van der Waals surface area contributed by atoms with Crippen LogP contribution in [-0.2, 0) is 11.3 Å². The van der Waals surface area contributed by atoms with Gasteiger partial charge in [-0.3, -0.25) is 9.59 Å². The lowest BCUT2D eigenvalue weighted by molar-refractivity contribution is 0.0544. The van der Waals surface area contributed by atoms with E-state index >= 15 is 0 Å². The Morgan fingerprint density at radius 1 is 1.25 bits per heavy atom. The predicted octanol–water partition coefficient (Wildman–Crippen LogP) is 3.47. The number of nitrogens with one attached hydrogen (secondary N) is 1. The highest BCUT2D eigenvalue weighted by molar-refractivity contribution is 6.13. The highest BCUT2D eigenvalue weighted by Gasteiger charge is 2.33. The molecule has 2 aromatic carbocycles.